The number of hydrogen-bond donors (Lipinski definition) is 1. The monoisotopic (exact) mass is 423 g/mol. The molecule has 0 radical (unpaired) electrons. The Balaban J connectivity index is 1.34. The number of carbonyl (C=O) groups excluding carboxylic acids is 2. The van der Waals surface area contributed by atoms with Gasteiger partial charge in [-0.2, -0.15) is 0 Å². The van der Waals surface area contributed by atoms with E-state index in [9.17, 15) is 9.59 Å². The molecule has 2 fully saturated rings. The minimum atomic E-state index is -0.374. The number of imide groups is 1. The summed E-state index contributed by atoms with van der Waals surface area (Å²) in [6.45, 7) is 4.07. The van der Waals surface area contributed by atoms with Gasteiger partial charge in [0.05, 0.1) is 31.9 Å². The van der Waals surface area contributed by atoms with Crippen LogP contribution in [-0.2, 0) is 9.59 Å². The summed E-state index contributed by atoms with van der Waals surface area (Å²) < 4.78 is 10.7. The molecule has 0 aliphatic carbocycles. The molecule has 0 spiro atoms. The summed E-state index contributed by atoms with van der Waals surface area (Å²) in [6, 6.07) is 15.0. The minimum Gasteiger partial charge on any atom is -0.497 e. The highest BCUT2D eigenvalue weighted by Crippen LogP contribution is 2.29. The van der Waals surface area contributed by atoms with E-state index in [0.717, 1.165) is 43.1 Å². The van der Waals surface area contributed by atoms with Crippen molar-refractivity contribution in [2.45, 2.75) is 38.3 Å². The van der Waals surface area contributed by atoms with Gasteiger partial charge >= 0.3 is 0 Å². The van der Waals surface area contributed by atoms with Gasteiger partial charge in [0.15, 0.2) is 0 Å². The Kier molecular flexibility index (Phi) is 6.42. The molecular weight excluding hydrogens is 394 g/mol. The van der Waals surface area contributed by atoms with Crippen LogP contribution in [0.2, 0.25) is 0 Å². The van der Waals surface area contributed by atoms with Crippen molar-refractivity contribution in [3.05, 3.63) is 48.5 Å². The van der Waals surface area contributed by atoms with E-state index < -0.39 is 0 Å². The van der Waals surface area contributed by atoms with Crippen LogP contribution in [0.1, 0.15) is 26.2 Å². The van der Waals surface area contributed by atoms with Gasteiger partial charge < -0.3 is 14.8 Å². The molecular formula is C24H29N3O4. The Bertz CT molecular complexity index is 905. The molecule has 1 atom stereocenters. The van der Waals surface area contributed by atoms with E-state index >= 15 is 0 Å². The van der Waals surface area contributed by atoms with Gasteiger partial charge in [0.1, 0.15) is 11.5 Å². The lowest BCUT2D eigenvalue weighted by molar-refractivity contribution is -0.123. The number of carbonyl (C=O) groups is 2. The van der Waals surface area contributed by atoms with Crippen LogP contribution in [0.3, 0.4) is 0 Å². The standard InChI is InChI=1S/C24H29N3O4/c1-3-31-21-10-6-19(7-11-21)27-23(28)16-22(24(27)29)26-14-12-18(13-15-26)25-17-4-8-20(30-2)9-5-17/h4-11,18,22,25H,3,12-16H2,1-2H3/t22-/m0/s1. The summed E-state index contributed by atoms with van der Waals surface area (Å²) in [5.74, 6) is 1.29. The molecule has 0 unspecified atom stereocenters. The van der Waals surface area contributed by atoms with Crippen molar-refractivity contribution in [3.8, 4) is 11.5 Å². The predicted molar refractivity (Wildman–Crippen MR) is 120 cm³/mol. The second-order valence-electron chi connectivity index (χ2n) is 7.90. The molecule has 2 heterocycles. The molecule has 0 saturated carbocycles. The van der Waals surface area contributed by atoms with E-state index in [-0.39, 0.29) is 24.3 Å². The first-order chi connectivity index (χ1) is 15.1. The number of rotatable bonds is 7. The quantitative estimate of drug-likeness (QED) is 0.689. The maximum absolute atomic E-state index is 13.1. The van der Waals surface area contributed by atoms with Crippen LogP contribution in [-0.4, -0.2) is 55.6 Å². The highest BCUT2D eigenvalue weighted by atomic mass is 16.5. The van der Waals surface area contributed by atoms with Gasteiger partial charge in [0.2, 0.25) is 5.91 Å². The Hall–Kier alpha value is -3.06. The average Bonchev–Trinajstić information content (AvgIpc) is 3.09. The molecule has 2 aromatic rings. The molecule has 0 aromatic heterocycles. The first-order valence-electron chi connectivity index (χ1n) is 10.8. The molecule has 2 aromatic carbocycles. The first-order valence-corrected chi connectivity index (χ1v) is 10.8. The third-order valence-electron chi connectivity index (χ3n) is 5.96. The fourth-order valence-corrected chi connectivity index (χ4v) is 4.31. The van der Waals surface area contributed by atoms with Gasteiger partial charge in [0, 0.05) is 24.8 Å². The van der Waals surface area contributed by atoms with Crippen LogP contribution < -0.4 is 19.7 Å². The number of likely N-dealkylation sites (tertiary alicyclic amines) is 1. The number of anilines is 2. The Labute approximate surface area is 182 Å². The third kappa shape index (κ3) is 4.66. The van der Waals surface area contributed by atoms with Crippen molar-refractivity contribution in [1.29, 1.82) is 0 Å². The molecule has 2 amide bonds. The maximum Gasteiger partial charge on any atom is 0.251 e. The van der Waals surface area contributed by atoms with Crippen molar-refractivity contribution < 1.29 is 19.1 Å². The normalized spacial score (nSPS) is 20.2. The SMILES string of the molecule is CCOc1ccc(N2C(=O)C[C@H](N3CCC(Nc4ccc(OC)cc4)CC3)C2=O)cc1. The molecule has 164 valence electrons. The fraction of sp³-hybridized carbons (Fsp3) is 0.417. The topological polar surface area (TPSA) is 71.1 Å². The Morgan fingerprint density at radius 3 is 2.23 bits per heavy atom. The first kappa shape index (κ1) is 21.2. The predicted octanol–water partition coefficient (Wildman–Crippen LogP) is 3.30. The van der Waals surface area contributed by atoms with Crippen molar-refractivity contribution in [2.24, 2.45) is 0 Å². The number of benzene rings is 2. The second-order valence-corrected chi connectivity index (χ2v) is 7.90. The molecule has 1 N–H and O–H groups in total. The number of ether oxygens (including phenoxy) is 2. The molecule has 2 aliphatic rings. The Morgan fingerprint density at radius 2 is 1.61 bits per heavy atom. The maximum atomic E-state index is 13.1. The van der Waals surface area contributed by atoms with Gasteiger partial charge in [-0.1, -0.05) is 0 Å². The van der Waals surface area contributed by atoms with E-state index in [1.807, 2.05) is 31.2 Å². The number of methoxy groups -OCH3 is 1. The van der Waals surface area contributed by atoms with Crippen LogP contribution in [0.5, 0.6) is 11.5 Å². The Morgan fingerprint density at radius 1 is 0.968 bits per heavy atom. The van der Waals surface area contributed by atoms with E-state index in [1.165, 1.54) is 4.90 Å². The lowest BCUT2D eigenvalue weighted by Crippen LogP contribution is -2.48. The summed E-state index contributed by atoms with van der Waals surface area (Å²) >= 11 is 0. The van der Waals surface area contributed by atoms with Gasteiger partial charge in [0.25, 0.3) is 5.91 Å². The molecule has 7 nitrogen and oxygen atoms in total. The molecule has 31 heavy (non-hydrogen) atoms. The van der Waals surface area contributed by atoms with E-state index in [2.05, 4.69) is 10.2 Å². The van der Waals surface area contributed by atoms with E-state index in [1.54, 1.807) is 31.4 Å². The molecule has 7 heteroatoms. The average molecular weight is 424 g/mol. The number of hydrogen-bond acceptors (Lipinski definition) is 6. The smallest absolute Gasteiger partial charge is 0.251 e. The molecule has 2 saturated heterocycles. The zero-order chi connectivity index (χ0) is 21.8. The van der Waals surface area contributed by atoms with Crippen molar-refractivity contribution in [2.75, 3.05) is 37.0 Å². The lowest BCUT2D eigenvalue weighted by Gasteiger charge is -2.35. The van der Waals surface area contributed by atoms with Crippen molar-refractivity contribution in [1.82, 2.24) is 4.90 Å². The van der Waals surface area contributed by atoms with Gasteiger partial charge in [-0.3, -0.25) is 14.5 Å². The zero-order valence-electron chi connectivity index (χ0n) is 18.0. The number of nitrogens with one attached hydrogen (secondary N) is 1. The third-order valence-corrected chi connectivity index (χ3v) is 5.96. The highest BCUT2D eigenvalue weighted by Gasteiger charge is 2.43. The summed E-state index contributed by atoms with van der Waals surface area (Å²) in [7, 11) is 1.66. The van der Waals surface area contributed by atoms with Crippen LogP contribution in [0.25, 0.3) is 0 Å². The van der Waals surface area contributed by atoms with Gasteiger partial charge in [-0.15, -0.1) is 0 Å². The molecule has 2 aliphatic heterocycles. The summed E-state index contributed by atoms with van der Waals surface area (Å²) in [6.07, 6.45) is 2.09. The van der Waals surface area contributed by atoms with E-state index in [4.69, 9.17) is 9.47 Å². The second kappa shape index (κ2) is 9.39. The molecule has 0 bridgehead atoms. The van der Waals surface area contributed by atoms with E-state index in [0.29, 0.717) is 18.3 Å². The largest absolute Gasteiger partial charge is 0.497 e. The fourth-order valence-electron chi connectivity index (χ4n) is 4.31. The summed E-state index contributed by atoms with van der Waals surface area (Å²) in [4.78, 5) is 29.2. The minimum absolute atomic E-state index is 0.129. The number of piperidine rings is 1. The number of amides is 2. The molecule has 4 rings (SSSR count). The van der Waals surface area contributed by atoms with Crippen molar-refractivity contribution >= 4 is 23.2 Å². The van der Waals surface area contributed by atoms with Crippen LogP contribution in [0.4, 0.5) is 11.4 Å². The zero-order valence-corrected chi connectivity index (χ0v) is 18.0. The highest BCUT2D eigenvalue weighted by molar-refractivity contribution is 6.22. The van der Waals surface area contributed by atoms with Gasteiger partial charge in [-0.05, 0) is 68.3 Å². The summed E-state index contributed by atoms with van der Waals surface area (Å²) in [5.41, 5.74) is 1.67. The number of nitrogens with zero attached hydrogens (tertiary/aromatic N) is 2. The lowest BCUT2D eigenvalue weighted by atomic mass is 10.0. The summed E-state index contributed by atoms with van der Waals surface area (Å²) in [5, 5.41) is 3.56. The van der Waals surface area contributed by atoms with Gasteiger partial charge in [-0.25, -0.2) is 4.90 Å². The van der Waals surface area contributed by atoms with Crippen LogP contribution >= 0.6 is 0 Å². The van der Waals surface area contributed by atoms with Crippen molar-refractivity contribution in [3.63, 3.8) is 0 Å². The van der Waals surface area contributed by atoms with Crippen LogP contribution in [0.15, 0.2) is 48.5 Å². The van der Waals surface area contributed by atoms with Crippen LogP contribution in [0, 0.1) is 0 Å².